The van der Waals surface area contributed by atoms with Crippen molar-refractivity contribution in [3.63, 3.8) is 0 Å². The van der Waals surface area contributed by atoms with Crippen LogP contribution in [0.4, 0.5) is 0 Å². The Labute approximate surface area is 128 Å². The van der Waals surface area contributed by atoms with Crippen molar-refractivity contribution in [3.05, 3.63) is 34.9 Å². The third-order valence-corrected chi connectivity index (χ3v) is 5.07. The van der Waals surface area contributed by atoms with Gasteiger partial charge < -0.3 is 14.9 Å². The van der Waals surface area contributed by atoms with Gasteiger partial charge in [0.2, 0.25) is 0 Å². The van der Waals surface area contributed by atoms with E-state index in [1.165, 1.54) is 36.8 Å². The number of likely N-dealkylation sites (N-methyl/N-ethyl adjacent to an activating group) is 1. The summed E-state index contributed by atoms with van der Waals surface area (Å²) in [5.41, 5.74) is 4.08. The summed E-state index contributed by atoms with van der Waals surface area (Å²) in [4.78, 5) is 4.85. The summed E-state index contributed by atoms with van der Waals surface area (Å²) >= 11 is 0. The van der Waals surface area contributed by atoms with Crippen molar-refractivity contribution in [3.8, 4) is 0 Å². The van der Waals surface area contributed by atoms with E-state index in [0.717, 1.165) is 44.7 Å². The number of benzene rings is 1. The van der Waals surface area contributed by atoms with Crippen molar-refractivity contribution in [2.75, 3.05) is 39.8 Å². The van der Waals surface area contributed by atoms with E-state index < -0.39 is 0 Å². The average Bonchev–Trinajstić information content (AvgIpc) is 2.53. The predicted molar refractivity (Wildman–Crippen MR) is 86.6 cm³/mol. The van der Waals surface area contributed by atoms with Crippen molar-refractivity contribution in [1.82, 2.24) is 9.80 Å². The molecule has 2 aliphatic rings. The van der Waals surface area contributed by atoms with E-state index in [4.69, 9.17) is 0 Å². The van der Waals surface area contributed by atoms with Gasteiger partial charge >= 0.3 is 0 Å². The largest absolute Gasteiger partial charge is 0.388 e. The van der Waals surface area contributed by atoms with Crippen LogP contribution in [-0.2, 0) is 12.8 Å². The SMILES string of the molecule is CN1CCN(CCC(O)c2ccc3c(c2)CCCC3)CC1. The van der Waals surface area contributed by atoms with Gasteiger partial charge in [-0.1, -0.05) is 18.2 Å². The molecular weight excluding hydrogens is 260 g/mol. The molecule has 3 rings (SSSR count). The van der Waals surface area contributed by atoms with Gasteiger partial charge in [0.15, 0.2) is 0 Å². The molecule has 1 aromatic carbocycles. The van der Waals surface area contributed by atoms with Gasteiger partial charge in [-0.2, -0.15) is 0 Å². The lowest BCUT2D eigenvalue weighted by atomic mass is 9.89. The Morgan fingerprint density at radius 1 is 1.05 bits per heavy atom. The van der Waals surface area contributed by atoms with E-state index in [9.17, 15) is 5.11 Å². The van der Waals surface area contributed by atoms with Crippen LogP contribution in [0.25, 0.3) is 0 Å². The van der Waals surface area contributed by atoms with Gasteiger partial charge in [0.25, 0.3) is 0 Å². The number of piperazine rings is 1. The topological polar surface area (TPSA) is 26.7 Å². The van der Waals surface area contributed by atoms with Crippen molar-refractivity contribution >= 4 is 0 Å². The van der Waals surface area contributed by atoms with Gasteiger partial charge in [-0.3, -0.25) is 0 Å². The summed E-state index contributed by atoms with van der Waals surface area (Å²) in [6.45, 7) is 5.57. The predicted octanol–water partition coefficient (Wildman–Crippen LogP) is 2.24. The Bertz CT molecular complexity index is 466. The maximum absolute atomic E-state index is 10.5. The second-order valence-corrected chi connectivity index (χ2v) is 6.68. The zero-order chi connectivity index (χ0) is 14.7. The van der Waals surface area contributed by atoms with E-state index in [-0.39, 0.29) is 6.10 Å². The number of aliphatic hydroxyl groups is 1. The molecule has 0 spiro atoms. The molecule has 3 nitrogen and oxygen atoms in total. The number of aliphatic hydroxyl groups excluding tert-OH is 1. The van der Waals surface area contributed by atoms with Crippen LogP contribution >= 0.6 is 0 Å². The van der Waals surface area contributed by atoms with E-state index in [1.807, 2.05) is 0 Å². The smallest absolute Gasteiger partial charge is 0.0802 e. The summed E-state index contributed by atoms with van der Waals surface area (Å²) < 4.78 is 0. The van der Waals surface area contributed by atoms with Gasteiger partial charge in [0.1, 0.15) is 0 Å². The number of rotatable bonds is 4. The lowest BCUT2D eigenvalue weighted by Gasteiger charge is -2.32. The molecule has 21 heavy (non-hydrogen) atoms. The summed E-state index contributed by atoms with van der Waals surface area (Å²) in [7, 11) is 2.18. The van der Waals surface area contributed by atoms with Crippen molar-refractivity contribution in [2.24, 2.45) is 0 Å². The summed E-state index contributed by atoms with van der Waals surface area (Å²) in [6, 6.07) is 6.63. The quantitative estimate of drug-likeness (QED) is 0.920. The highest BCUT2D eigenvalue weighted by atomic mass is 16.3. The maximum Gasteiger partial charge on any atom is 0.0802 e. The van der Waals surface area contributed by atoms with Crippen LogP contribution in [0, 0.1) is 0 Å². The Morgan fingerprint density at radius 2 is 1.76 bits per heavy atom. The molecule has 1 aliphatic heterocycles. The second-order valence-electron chi connectivity index (χ2n) is 6.68. The highest BCUT2D eigenvalue weighted by molar-refractivity contribution is 5.34. The molecule has 0 radical (unpaired) electrons. The zero-order valence-electron chi connectivity index (χ0n) is 13.2. The number of nitrogens with zero attached hydrogens (tertiary/aromatic N) is 2. The first kappa shape index (κ1) is 15.0. The summed E-state index contributed by atoms with van der Waals surface area (Å²) in [5.74, 6) is 0. The molecule has 1 aliphatic carbocycles. The highest BCUT2D eigenvalue weighted by Gasteiger charge is 2.17. The monoisotopic (exact) mass is 288 g/mol. The van der Waals surface area contributed by atoms with Crippen LogP contribution in [0.2, 0.25) is 0 Å². The molecule has 1 N–H and O–H groups in total. The van der Waals surface area contributed by atoms with E-state index in [1.54, 1.807) is 0 Å². The summed E-state index contributed by atoms with van der Waals surface area (Å²) in [5, 5.41) is 10.5. The minimum atomic E-state index is -0.308. The Balaban J connectivity index is 1.54. The van der Waals surface area contributed by atoms with Crippen LogP contribution in [0.1, 0.15) is 42.1 Å². The fourth-order valence-electron chi connectivity index (χ4n) is 3.50. The first-order valence-electron chi connectivity index (χ1n) is 8.43. The minimum Gasteiger partial charge on any atom is -0.388 e. The lowest BCUT2D eigenvalue weighted by molar-refractivity contribution is 0.113. The first-order chi connectivity index (χ1) is 10.2. The second kappa shape index (κ2) is 6.91. The number of fused-ring (bicyclic) bond motifs is 1. The Morgan fingerprint density at radius 3 is 2.52 bits per heavy atom. The molecule has 0 bridgehead atoms. The van der Waals surface area contributed by atoms with Crippen LogP contribution in [0.15, 0.2) is 18.2 Å². The maximum atomic E-state index is 10.5. The van der Waals surface area contributed by atoms with Gasteiger partial charge in [0, 0.05) is 32.7 Å². The molecule has 116 valence electrons. The van der Waals surface area contributed by atoms with E-state index in [0.29, 0.717) is 0 Å². The summed E-state index contributed by atoms with van der Waals surface area (Å²) in [6.07, 6.45) is 5.56. The fourth-order valence-corrected chi connectivity index (χ4v) is 3.50. The molecule has 0 aromatic heterocycles. The molecule has 3 heteroatoms. The average molecular weight is 288 g/mol. The molecule has 0 amide bonds. The van der Waals surface area contributed by atoms with Crippen LogP contribution in [0.3, 0.4) is 0 Å². The molecule has 1 unspecified atom stereocenters. The fraction of sp³-hybridized carbons (Fsp3) is 0.667. The number of aryl methyl sites for hydroxylation is 2. The van der Waals surface area contributed by atoms with Gasteiger partial charge in [-0.25, -0.2) is 0 Å². The lowest BCUT2D eigenvalue weighted by Crippen LogP contribution is -2.44. The van der Waals surface area contributed by atoms with Crippen LogP contribution in [0.5, 0.6) is 0 Å². The molecule has 1 atom stereocenters. The number of hydrogen-bond donors (Lipinski definition) is 1. The molecule has 1 fully saturated rings. The van der Waals surface area contributed by atoms with Crippen molar-refractivity contribution in [2.45, 2.75) is 38.2 Å². The molecule has 1 heterocycles. The zero-order valence-corrected chi connectivity index (χ0v) is 13.2. The van der Waals surface area contributed by atoms with Gasteiger partial charge in [-0.15, -0.1) is 0 Å². The highest BCUT2D eigenvalue weighted by Crippen LogP contribution is 2.26. The third-order valence-electron chi connectivity index (χ3n) is 5.07. The Kier molecular flexibility index (Phi) is 4.94. The molecular formula is C18H28N2O. The molecule has 0 saturated carbocycles. The normalized spacial score (nSPS) is 22.0. The number of hydrogen-bond acceptors (Lipinski definition) is 3. The van der Waals surface area contributed by atoms with Crippen LogP contribution in [-0.4, -0.2) is 54.7 Å². The first-order valence-corrected chi connectivity index (χ1v) is 8.43. The molecule has 1 saturated heterocycles. The van der Waals surface area contributed by atoms with Crippen LogP contribution < -0.4 is 0 Å². The van der Waals surface area contributed by atoms with Crippen molar-refractivity contribution < 1.29 is 5.11 Å². The van der Waals surface area contributed by atoms with E-state index >= 15 is 0 Å². The third kappa shape index (κ3) is 3.85. The minimum absolute atomic E-state index is 0.308. The standard InChI is InChI=1S/C18H28N2O/c1-19-10-12-20(13-11-19)9-8-18(21)17-7-6-15-4-2-3-5-16(15)14-17/h6-7,14,18,21H,2-5,8-13H2,1H3. The molecule has 1 aromatic rings. The van der Waals surface area contributed by atoms with Gasteiger partial charge in [0.05, 0.1) is 6.10 Å². The Hall–Kier alpha value is -0.900. The van der Waals surface area contributed by atoms with Gasteiger partial charge in [-0.05, 0) is 55.8 Å². The van der Waals surface area contributed by atoms with E-state index in [2.05, 4.69) is 35.0 Å². The van der Waals surface area contributed by atoms with Crippen molar-refractivity contribution in [1.29, 1.82) is 0 Å².